The lowest BCUT2D eigenvalue weighted by Gasteiger charge is -2.11. The first kappa shape index (κ1) is 14.5. The molecule has 0 amide bonds. The average Bonchev–Trinajstić information content (AvgIpc) is 2.71. The second kappa shape index (κ2) is 5.23. The zero-order valence-electron chi connectivity index (χ0n) is 12.7. The maximum atomic E-state index is 11.8. The van der Waals surface area contributed by atoms with E-state index in [2.05, 4.69) is 23.9 Å². The van der Waals surface area contributed by atoms with E-state index < -0.39 is 5.76 Å². The lowest BCUT2D eigenvalue weighted by Crippen LogP contribution is -2.18. The van der Waals surface area contributed by atoms with Gasteiger partial charge in [-0.25, -0.2) is 4.79 Å². The predicted octanol–water partition coefficient (Wildman–Crippen LogP) is 2.70. The SMILES string of the molecule is CC(C)c1cccc(Cn2nc(C(C)(C)C)oc2=O)n1. The van der Waals surface area contributed by atoms with Gasteiger partial charge in [-0.2, -0.15) is 4.68 Å². The van der Waals surface area contributed by atoms with Gasteiger partial charge in [0.2, 0.25) is 5.89 Å². The van der Waals surface area contributed by atoms with Crippen LogP contribution in [0.5, 0.6) is 0 Å². The quantitative estimate of drug-likeness (QED) is 0.864. The minimum Gasteiger partial charge on any atom is -0.392 e. The number of pyridine rings is 1. The highest BCUT2D eigenvalue weighted by molar-refractivity contribution is 5.14. The van der Waals surface area contributed by atoms with Crippen molar-refractivity contribution >= 4 is 0 Å². The van der Waals surface area contributed by atoms with Crippen LogP contribution in [0.1, 0.15) is 57.8 Å². The highest BCUT2D eigenvalue weighted by Gasteiger charge is 2.22. The molecule has 0 aliphatic rings. The van der Waals surface area contributed by atoms with Crippen LogP contribution in [0, 0.1) is 0 Å². The summed E-state index contributed by atoms with van der Waals surface area (Å²) in [6.45, 7) is 10.4. The number of hydrogen-bond donors (Lipinski definition) is 0. The number of hydrogen-bond acceptors (Lipinski definition) is 4. The largest absolute Gasteiger partial charge is 0.437 e. The van der Waals surface area contributed by atoms with Gasteiger partial charge in [-0.15, -0.1) is 5.10 Å². The van der Waals surface area contributed by atoms with Crippen LogP contribution in [0.15, 0.2) is 27.4 Å². The summed E-state index contributed by atoms with van der Waals surface area (Å²) in [5.74, 6) is 0.364. The highest BCUT2D eigenvalue weighted by atomic mass is 16.4. The molecule has 2 heterocycles. The fraction of sp³-hybridized carbons (Fsp3) is 0.533. The third-order valence-electron chi connectivity index (χ3n) is 2.98. The Balaban J connectivity index is 2.29. The van der Waals surface area contributed by atoms with Crippen LogP contribution in [-0.2, 0) is 12.0 Å². The van der Waals surface area contributed by atoms with Crippen LogP contribution in [0.25, 0.3) is 0 Å². The number of nitrogens with zero attached hydrogens (tertiary/aromatic N) is 3. The summed E-state index contributed by atoms with van der Waals surface area (Å²) in [5, 5.41) is 4.25. The fourth-order valence-electron chi connectivity index (χ4n) is 1.77. The first-order valence-electron chi connectivity index (χ1n) is 6.81. The van der Waals surface area contributed by atoms with Crippen LogP contribution in [-0.4, -0.2) is 14.8 Å². The highest BCUT2D eigenvalue weighted by Crippen LogP contribution is 2.18. The third kappa shape index (κ3) is 3.15. The molecule has 0 fully saturated rings. The van der Waals surface area contributed by atoms with Gasteiger partial charge < -0.3 is 4.42 Å². The minimum absolute atomic E-state index is 0.280. The molecular weight excluding hydrogens is 254 g/mol. The van der Waals surface area contributed by atoms with Gasteiger partial charge in [0.15, 0.2) is 0 Å². The molecule has 2 aromatic heterocycles. The summed E-state index contributed by atoms with van der Waals surface area (Å²) >= 11 is 0. The molecule has 0 spiro atoms. The molecule has 5 nitrogen and oxygen atoms in total. The van der Waals surface area contributed by atoms with Crippen LogP contribution in [0.2, 0.25) is 0 Å². The number of rotatable bonds is 3. The Labute approximate surface area is 118 Å². The molecule has 0 aromatic carbocycles. The monoisotopic (exact) mass is 275 g/mol. The van der Waals surface area contributed by atoms with Crippen LogP contribution < -0.4 is 5.76 Å². The molecule has 0 saturated carbocycles. The molecule has 5 heteroatoms. The first-order chi connectivity index (χ1) is 9.27. The Bertz CT molecular complexity index is 648. The normalized spacial score (nSPS) is 12.1. The fourth-order valence-corrected chi connectivity index (χ4v) is 1.77. The molecule has 0 saturated heterocycles. The van der Waals surface area contributed by atoms with Gasteiger partial charge in [0.05, 0.1) is 12.2 Å². The predicted molar refractivity (Wildman–Crippen MR) is 76.9 cm³/mol. The topological polar surface area (TPSA) is 60.9 Å². The average molecular weight is 275 g/mol. The smallest absolute Gasteiger partial charge is 0.392 e. The van der Waals surface area contributed by atoms with Crippen LogP contribution >= 0.6 is 0 Å². The van der Waals surface area contributed by atoms with Crippen molar-refractivity contribution in [3.8, 4) is 0 Å². The second-order valence-corrected chi connectivity index (χ2v) is 6.29. The van der Waals surface area contributed by atoms with E-state index in [4.69, 9.17) is 4.42 Å². The Kier molecular flexibility index (Phi) is 3.79. The van der Waals surface area contributed by atoms with Gasteiger partial charge in [0, 0.05) is 11.1 Å². The van der Waals surface area contributed by atoms with E-state index >= 15 is 0 Å². The van der Waals surface area contributed by atoms with E-state index in [1.807, 2.05) is 39.0 Å². The van der Waals surface area contributed by atoms with E-state index in [9.17, 15) is 4.79 Å². The molecule has 0 aliphatic heterocycles. The van der Waals surface area contributed by atoms with E-state index in [1.54, 1.807) is 0 Å². The van der Waals surface area contributed by atoms with Gasteiger partial charge >= 0.3 is 5.76 Å². The van der Waals surface area contributed by atoms with Gasteiger partial charge in [0.25, 0.3) is 0 Å². The molecule has 2 rings (SSSR count). The molecule has 108 valence electrons. The molecule has 2 aromatic rings. The second-order valence-electron chi connectivity index (χ2n) is 6.29. The molecule has 0 bridgehead atoms. The zero-order valence-corrected chi connectivity index (χ0v) is 12.7. The Morgan fingerprint density at radius 2 is 2.00 bits per heavy atom. The van der Waals surface area contributed by atoms with Crippen molar-refractivity contribution in [1.29, 1.82) is 0 Å². The first-order valence-corrected chi connectivity index (χ1v) is 6.81. The van der Waals surface area contributed by atoms with E-state index in [-0.39, 0.29) is 5.41 Å². The zero-order chi connectivity index (χ0) is 14.9. The maximum absolute atomic E-state index is 11.8. The summed E-state index contributed by atoms with van der Waals surface area (Å²) in [7, 11) is 0. The third-order valence-corrected chi connectivity index (χ3v) is 2.98. The van der Waals surface area contributed by atoms with Gasteiger partial charge in [-0.05, 0) is 18.1 Å². The summed E-state index contributed by atoms with van der Waals surface area (Å²) in [6.07, 6.45) is 0. The van der Waals surface area contributed by atoms with Crippen molar-refractivity contribution in [2.24, 2.45) is 0 Å². The molecule has 0 radical (unpaired) electrons. The van der Waals surface area contributed by atoms with Crippen molar-refractivity contribution in [3.63, 3.8) is 0 Å². The lowest BCUT2D eigenvalue weighted by atomic mass is 9.97. The van der Waals surface area contributed by atoms with E-state index in [0.29, 0.717) is 18.4 Å². The molecule has 0 N–H and O–H groups in total. The summed E-state index contributed by atoms with van der Waals surface area (Å²) < 4.78 is 6.52. The lowest BCUT2D eigenvalue weighted by molar-refractivity contribution is 0.374. The van der Waals surface area contributed by atoms with Crippen LogP contribution in [0.3, 0.4) is 0 Å². The Morgan fingerprint density at radius 1 is 1.30 bits per heavy atom. The maximum Gasteiger partial charge on any atom is 0.437 e. The van der Waals surface area contributed by atoms with Gasteiger partial charge in [-0.1, -0.05) is 40.7 Å². The van der Waals surface area contributed by atoms with Crippen molar-refractivity contribution in [1.82, 2.24) is 14.8 Å². The van der Waals surface area contributed by atoms with Gasteiger partial charge in [0.1, 0.15) is 0 Å². The molecule has 0 aliphatic carbocycles. The Hall–Kier alpha value is -1.91. The molecule has 0 unspecified atom stereocenters. The van der Waals surface area contributed by atoms with Gasteiger partial charge in [-0.3, -0.25) is 4.98 Å². The van der Waals surface area contributed by atoms with E-state index in [1.165, 1.54) is 4.68 Å². The number of aromatic nitrogens is 3. The van der Waals surface area contributed by atoms with Crippen molar-refractivity contribution in [2.45, 2.75) is 52.5 Å². The summed E-state index contributed by atoms with van der Waals surface area (Å²) in [6, 6.07) is 5.83. The van der Waals surface area contributed by atoms with Crippen molar-refractivity contribution in [2.75, 3.05) is 0 Å². The molecular formula is C15H21N3O2. The van der Waals surface area contributed by atoms with Crippen molar-refractivity contribution in [3.05, 3.63) is 46.0 Å². The Morgan fingerprint density at radius 3 is 2.55 bits per heavy atom. The van der Waals surface area contributed by atoms with E-state index in [0.717, 1.165) is 11.4 Å². The molecule has 0 atom stereocenters. The standard InChI is InChI=1S/C15H21N3O2/c1-10(2)12-8-6-7-11(16-12)9-18-14(19)20-13(17-18)15(3,4)5/h6-8,10H,9H2,1-5H3. The molecule has 20 heavy (non-hydrogen) atoms. The summed E-state index contributed by atoms with van der Waals surface area (Å²) in [5.41, 5.74) is 1.54. The summed E-state index contributed by atoms with van der Waals surface area (Å²) in [4.78, 5) is 16.4. The minimum atomic E-state index is -0.438. The van der Waals surface area contributed by atoms with Crippen LogP contribution in [0.4, 0.5) is 0 Å². The van der Waals surface area contributed by atoms with Crippen molar-refractivity contribution < 1.29 is 4.42 Å².